The lowest BCUT2D eigenvalue weighted by Gasteiger charge is -2.20. The molecule has 0 aliphatic carbocycles. The minimum atomic E-state index is -0.200. The molecular formula is C23H23N5O2. The number of amides is 2. The van der Waals surface area contributed by atoms with E-state index in [4.69, 9.17) is 0 Å². The average Bonchev–Trinajstić information content (AvgIpc) is 2.91. The first kappa shape index (κ1) is 19.7. The van der Waals surface area contributed by atoms with E-state index in [1.807, 2.05) is 43.3 Å². The molecule has 1 N–H and O–H groups in total. The molecule has 2 aromatic heterocycles. The molecule has 1 aliphatic rings. The van der Waals surface area contributed by atoms with Gasteiger partial charge in [-0.05, 0) is 37.5 Å². The van der Waals surface area contributed by atoms with Gasteiger partial charge in [0.25, 0.3) is 5.91 Å². The maximum Gasteiger partial charge on any atom is 0.257 e. The van der Waals surface area contributed by atoms with Crippen molar-refractivity contribution >= 4 is 11.8 Å². The largest absolute Gasteiger partial charge is 0.350 e. The number of hydrogen-bond acceptors (Lipinski definition) is 5. The van der Waals surface area contributed by atoms with Crippen molar-refractivity contribution in [3.05, 3.63) is 77.4 Å². The molecule has 0 radical (unpaired) electrons. The van der Waals surface area contributed by atoms with Crippen LogP contribution in [-0.4, -0.2) is 44.8 Å². The van der Waals surface area contributed by atoms with Crippen molar-refractivity contribution in [2.45, 2.75) is 26.3 Å². The van der Waals surface area contributed by atoms with E-state index in [2.05, 4.69) is 20.3 Å². The van der Waals surface area contributed by atoms with Gasteiger partial charge in [-0.3, -0.25) is 14.6 Å². The number of carbonyl (C=O) groups is 2. The molecule has 4 rings (SSSR count). The molecule has 0 atom stereocenters. The lowest BCUT2D eigenvalue weighted by Crippen LogP contribution is -2.40. The molecule has 1 aliphatic heterocycles. The first-order chi connectivity index (χ1) is 14.6. The third kappa shape index (κ3) is 4.51. The molecule has 0 saturated heterocycles. The summed E-state index contributed by atoms with van der Waals surface area (Å²) in [6.45, 7) is 2.99. The third-order valence-electron chi connectivity index (χ3n) is 5.07. The number of pyridine rings is 1. The summed E-state index contributed by atoms with van der Waals surface area (Å²) >= 11 is 0. The highest BCUT2D eigenvalue weighted by Crippen LogP contribution is 2.20. The zero-order valence-electron chi connectivity index (χ0n) is 16.8. The summed E-state index contributed by atoms with van der Waals surface area (Å²) in [5.74, 6) is 0.199. The van der Waals surface area contributed by atoms with Gasteiger partial charge in [-0.1, -0.05) is 29.8 Å². The number of aryl methyl sites for hydroxylation is 2. The van der Waals surface area contributed by atoms with E-state index in [1.165, 1.54) is 0 Å². The Balaban J connectivity index is 1.44. The van der Waals surface area contributed by atoms with Gasteiger partial charge in [0.2, 0.25) is 5.91 Å². The first-order valence-electron chi connectivity index (χ1n) is 9.98. The van der Waals surface area contributed by atoms with Crippen LogP contribution in [0.4, 0.5) is 0 Å². The average molecular weight is 401 g/mol. The number of nitrogens with zero attached hydrogens (tertiary/aromatic N) is 4. The van der Waals surface area contributed by atoms with Gasteiger partial charge >= 0.3 is 0 Å². The Morgan fingerprint density at radius 3 is 2.83 bits per heavy atom. The van der Waals surface area contributed by atoms with Gasteiger partial charge < -0.3 is 10.2 Å². The lowest BCUT2D eigenvalue weighted by molar-refractivity contribution is -0.122. The summed E-state index contributed by atoms with van der Waals surface area (Å²) < 4.78 is 0. The molecule has 1 aromatic carbocycles. The number of benzene rings is 1. The van der Waals surface area contributed by atoms with Crippen molar-refractivity contribution in [1.82, 2.24) is 25.2 Å². The number of carbonyl (C=O) groups excluding carboxylic acids is 2. The highest BCUT2D eigenvalue weighted by molar-refractivity contribution is 5.97. The molecule has 0 saturated carbocycles. The second-order valence-electron chi connectivity index (χ2n) is 7.39. The molecule has 0 spiro atoms. The summed E-state index contributed by atoms with van der Waals surface area (Å²) in [4.78, 5) is 40.0. The van der Waals surface area contributed by atoms with Crippen LogP contribution in [0.5, 0.6) is 0 Å². The molecule has 0 unspecified atom stereocenters. The molecular weight excluding hydrogens is 378 g/mol. The summed E-state index contributed by atoms with van der Waals surface area (Å²) in [5.41, 5.74) is 4.23. The van der Waals surface area contributed by atoms with Gasteiger partial charge in [-0.15, -0.1) is 0 Å². The zero-order valence-corrected chi connectivity index (χ0v) is 16.8. The van der Waals surface area contributed by atoms with Gasteiger partial charge in [0.05, 0.1) is 17.8 Å². The van der Waals surface area contributed by atoms with Gasteiger partial charge in [0.1, 0.15) is 0 Å². The Kier molecular flexibility index (Phi) is 5.79. The molecule has 30 heavy (non-hydrogen) atoms. The van der Waals surface area contributed by atoms with Crippen molar-refractivity contribution < 1.29 is 9.59 Å². The fourth-order valence-electron chi connectivity index (χ4n) is 3.54. The van der Waals surface area contributed by atoms with Gasteiger partial charge in [0.15, 0.2) is 5.82 Å². The van der Waals surface area contributed by atoms with E-state index in [0.29, 0.717) is 30.9 Å². The summed E-state index contributed by atoms with van der Waals surface area (Å²) in [5, 5.41) is 2.90. The number of nitrogens with one attached hydrogen (secondary N) is 1. The smallest absolute Gasteiger partial charge is 0.257 e. The summed E-state index contributed by atoms with van der Waals surface area (Å²) in [6, 6.07) is 11.7. The molecule has 0 bridgehead atoms. The molecule has 7 heteroatoms. The van der Waals surface area contributed by atoms with Crippen LogP contribution in [0.25, 0.3) is 11.4 Å². The van der Waals surface area contributed by atoms with Crippen LogP contribution in [-0.2, 0) is 17.8 Å². The molecule has 3 heterocycles. The monoisotopic (exact) mass is 401 g/mol. The van der Waals surface area contributed by atoms with Crippen LogP contribution >= 0.6 is 0 Å². The number of hydrogen-bond donors (Lipinski definition) is 1. The zero-order chi connectivity index (χ0) is 20.9. The maximum atomic E-state index is 13.0. The standard InChI is InChI=1S/C23H23N5O2/c1-16-4-2-5-17(12-16)13-25-21(29)15-28-11-3-6-20-19(23(28)30)14-26-22(27-20)18-7-9-24-10-8-18/h2,4-5,7-10,12,14H,3,6,11,13,15H2,1H3,(H,25,29). The fourth-order valence-corrected chi connectivity index (χ4v) is 3.54. The van der Waals surface area contributed by atoms with Crippen molar-refractivity contribution in [2.24, 2.45) is 0 Å². The normalized spacial score (nSPS) is 13.5. The molecule has 3 aromatic rings. The third-order valence-corrected chi connectivity index (χ3v) is 5.07. The van der Waals surface area contributed by atoms with E-state index < -0.39 is 0 Å². The van der Waals surface area contributed by atoms with Crippen LogP contribution in [0.2, 0.25) is 0 Å². The minimum absolute atomic E-state index is 0.0240. The Morgan fingerprint density at radius 1 is 1.20 bits per heavy atom. The summed E-state index contributed by atoms with van der Waals surface area (Å²) in [6.07, 6.45) is 6.36. The first-order valence-corrected chi connectivity index (χ1v) is 9.98. The quantitative estimate of drug-likeness (QED) is 0.710. The Labute approximate surface area is 175 Å². The second-order valence-corrected chi connectivity index (χ2v) is 7.39. The minimum Gasteiger partial charge on any atom is -0.350 e. The van der Waals surface area contributed by atoms with E-state index >= 15 is 0 Å². The predicted octanol–water partition coefficient (Wildman–Crippen LogP) is 2.55. The predicted molar refractivity (Wildman–Crippen MR) is 113 cm³/mol. The molecule has 0 fully saturated rings. The van der Waals surface area contributed by atoms with E-state index in [0.717, 1.165) is 28.8 Å². The van der Waals surface area contributed by atoms with Gasteiger partial charge in [-0.25, -0.2) is 9.97 Å². The van der Waals surface area contributed by atoms with Crippen LogP contribution in [0.3, 0.4) is 0 Å². The van der Waals surface area contributed by atoms with E-state index in [9.17, 15) is 9.59 Å². The van der Waals surface area contributed by atoms with E-state index in [1.54, 1.807) is 23.5 Å². The highest BCUT2D eigenvalue weighted by atomic mass is 16.2. The summed E-state index contributed by atoms with van der Waals surface area (Å²) in [7, 11) is 0. The van der Waals surface area contributed by atoms with Crippen LogP contribution < -0.4 is 5.32 Å². The number of aromatic nitrogens is 3. The van der Waals surface area contributed by atoms with Gasteiger partial charge in [0, 0.05) is 37.2 Å². The van der Waals surface area contributed by atoms with Crippen molar-refractivity contribution in [3.8, 4) is 11.4 Å². The topological polar surface area (TPSA) is 88.1 Å². The van der Waals surface area contributed by atoms with E-state index in [-0.39, 0.29) is 18.4 Å². The Morgan fingerprint density at radius 2 is 2.03 bits per heavy atom. The Hall–Kier alpha value is -3.61. The lowest BCUT2D eigenvalue weighted by atomic mass is 10.1. The number of fused-ring (bicyclic) bond motifs is 1. The fraction of sp³-hybridized carbons (Fsp3) is 0.261. The van der Waals surface area contributed by atoms with Crippen LogP contribution in [0.15, 0.2) is 55.0 Å². The number of rotatable bonds is 5. The molecule has 7 nitrogen and oxygen atoms in total. The molecule has 152 valence electrons. The van der Waals surface area contributed by atoms with Crippen molar-refractivity contribution in [2.75, 3.05) is 13.1 Å². The maximum absolute atomic E-state index is 13.0. The van der Waals surface area contributed by atoms with Crippen LogP contribution in [0.1, 0.15) is 33.6 Å². The van der Waals surface area contributed by atoms with Crippen LogP contribution in [0, 0.1) is 6.92 Å². The molecule has 2 amide bonds. The van der Waals surface area contributed by atoms with Crippen molar-refractivity contribution in [3.63, 3.8) is 0 Å². The Bertz CT molecular complexity index is 1070. The van der Waals surface area contributed by atoms with Crippen molar-refractivity contribution in [1.29, 1.82) is 0 Å². The SMILES string of the molecule is Cc1cccc(CNC(=O)CN2CCCc3nc(-c4ccncc4)ncc3C2=O)c1. The highest BCUT2D eigenvalue weighted by Gasteiger charge is 2.26. The van der Waals surface area contributed by atoms with Gasteiger partial charge in [-0.2, -0.15) is 0 Å². The second kappa shape index (κ2) is 8.82.